The molecule has 2 rings (SSSR count). The summed E-state index contributed by atoms with van der Waals surface area (Å²) in [6.45, 7) is 6.26. The first-order chi connectivity index (χ1) is 17.8. The Morgan fingerprint density at radius 1 is 0.838 bits per heavy atom. The second kappa shape index (κ2) is 16.5. The molecule has 0 aliphatic rings. The fourth-order valence-corrected chi connectivity index (χ4v) is 3.49. The molecule has 37 heavy (non-hydrogen) atoms. The molecule has 8 nitrogen and oxygen atoms in total. The van der Waals surface area contributed by atoms with Gasteiger partial charge in [-0.1, -0.05) is 50.6 Å². The topological polar surface area (TPSA) is 112 Å². The molecular formula is C29H38N2O6. The normalized spacial score (nSPS) is 11.6. The second-order valence-corrected chi connectivity index (χ2v) is 8.92. The van der Waals surface area contributed by atoms with Crippen molar-refractivity contribution in [3.8, 4) is 11.1 Å². The maximum absolute atomic E-state index is 12.8. The Balaban J connectivity index is 1.94. The SMILES string of the molecule is CCCCC(=O)CCOCC(COCCC(=O)CC)NC(=O)c1ccc(-c2ccc(C(C)=O)cc2)cn1. The van der Waals surface area contributed by atoms with Crippen molar-refractivity contribution in [1.82, 2.24) is 10.3 Å². The van der Waals surface area contributed by atoms with Gasteiger partial charge in [0.2, 0.25) is 0 Å². The molecule has 200 valence electrons. The van der Waals surface area contributed by atoms with Crippen LogP contribution in [0.4, 0.5) is 0 Å². The van der Waals surface area contributed by atoms with E-state index >= 15 is 0 Å². The molecule has 1 atom stereocenters. The number of nitrogens with zero attached hydrogens (tertiary/aromatic N) is 1. The number of Topliss-reactive ketones (excluding diaryl/α,β-unsaturated/α-hetero) is 3. The average molecular weight is 511 g/mol. The van der Waals surface area contributed by atoms with Crippen molar-refractivity contribution in [1.29, 1.82) is 0 Å². The van der Waals surface area contributed by atoms with Crippen LogP contribution in [0.1, 0.15) is 80.1 Å². The number of rotatable bonds is 18. The smallest absolute Gasteiger partial charge is 0.270 e. The molecule has 0 radical (unpaired) electrons. The van der Waals surface area contributed by atoms with Crippen molar-refractivity contribution in [2.45, 2.75) is 65.3 Å². The van der Waals surface area contributed by atoms with Crippen LogP contribution in [0.2, 0.25) is 0 Å². The first kappa shape index (κ1) is 30.0. The fraction of sp³-hybridized carbons (Fsp3) is 0.483. The zero-order valence-corrected chi connectivity index (χ0v) is 22.1. The molecule has 0 fully saturated rings. The van der Waals surface area contributed by atoms with Gasteiger partial charge in [0.05, 0.1) is 32.5 Å². The summed E-state index contributed by atoms with van der Waals surface area (Å²) in [5.41, 5.74) is 2.58. The molecule has 1 aromatic carbocycles. The van der Waals surface area contributed by atoms with Crippen LogP contribution in [-0.2, 0) is 19.1 Å². The van der Waals surface area contributed by atoms with Crippen LogP contribution in [0.5, 0.6) is 0 Å². The Morgan fingerprint density at radius 3 is 2.00 bits per heavy atom. The highest BCUT2D eigenvalue weighted by Gasteiger charge is 2.16. The molecule has 0 spiro atoms. The van der Waals surface area contributed by atoms with Crippen LogP contribution in [0, 0.1) is 0 Å². The molecular weight excluding hydrogens is 472 g/mol. The van der Waals surface area contributed by atoms with E-state index in [0.29, 0.717) is 31.2 Å². The van der Waals surface area contributed by atoms with Crippen molar-refractivity contribution >= 4 is 23.3 Å². The molecule has 0 aliphatic carbocycles. The summed E-state index contributed by atoms with van der Waals surface area (Å²) in [5.74, 6) is -0.0989. The predicted octanol–water partition coefficient (Wildman–Crippen LogP) is 4.60. The van der Waals surface area contributed by atoms with Crippen molar-refractivity contribution in [3.63, 3.8) is 0 Å². The van der Waals surface area contributed by atoms with Gasteiger partial charge in [0.15, 0.2) is 5.78 Å². The summed E-state index contributed by atoms with van der Waals surface area (Å²) in [6.07, 6.45) is 5.12. The van der Waals surface area contributed by atoms with E-state index in [1.807, 2.05) is 19.1 Å². The highest BCUT2D eigenvalue weighted by molar-refractivity contribution is 5.94. The molecule has 1 aromatic heterocycles. The number of carbonyl (C=O) groups excluding carboxylic acids is 4. The molecule has 0 bridgehead atoms. The number of carbonyl (C=O) groups is 4. The lowest BCUT2D eigenvalue weighted by molar-refractivity contribution is -0.120. The fourth-order valence-electron chi connectivity index (χ4n) is 3.49. The lowest BCUT2D eigenvalue weighted by Gasteiger charge is -2.19. The highest BCUT2D eigenvalue weighted by Crippen LogP contribution is 2.19. The monoisotopic (exact) mass is 510 g/mol. The molecule has 2 aromatic rings. The lowest BCUT2D eigenvalue weighted by Crippen LogP contribution is -2.42. The van der Waals surface area contributed by atoms with E-state index < -0.39 is 6.04 Å². The quantitative estimate of drug-likeness (QED) is 0.230. The van der Waals surface area contributed by atoms with Crippen molar-refractivity contribution in [3.05, 3.63) is 53.9 Å². The molecule has 0 saturated heterocycles. The van der Waals surface area contributed by atoms with Crippen LogP contribution in [0.25, 0.3) is 11.1 Å². The summed E-state index contributed by atoms with van der Waals surface area (Å²) < 4.78 is 11.3. The number of pyridine rings is 1. The third-order valence-electron chi connectivity index (χ3n) is 5.85. The third-order valence-corrected chi connectivity index (χ3v) is 5.85. The van der Waals surface area contributed by atoms with Gasteiger partial charge in [0.1, 0.15) is 17.3 Å². The largest absolute Gasteiger partial charge is 0.379 e. The number of ketones is 3. The first-order valence-corrected chi connectivity index (χ1v) is 12.9. The maximum Gasteiger partial charge on any atom is 0.270 e. The number of hydrogen-bond acceptors (Lipinski definition) is 7. The molecule has 0 saturated carbocycles. The van der Waals surface area contributed by atoms with Crippen molar-refractivity contribution in [2.75, 3.05) is 26.4 Å². The Hall–Kier alpha value is -3.23. The Kier molecular flexibility index (Phi) is 13.4. The standard InChI is InChI=1S/C29H38N2O6/c1-4-6-7-27(34)15-17-37-20-25(19-36-16-14-26(33)5-2)31-29(35)28-13-12-24(18-30-28)23-10-8-22(9-11-23)21(3)32/h8-13,18,25H,4-7,14-17,19-20H2,1-3H3,(H,31,35). The van der Waals surface area contributed by atoms with Crippen LogP contribution >= 0.6 is 0 Å². The van der Waals surface area contributed by atoms with E-state index in [0.717, 1.165) is 24.0 Å². The number of nitrogens with one attached hydrogen (secondary N) is 1. The zero-order valence-electron chi connectivity index (χ0n) is 22.1. The average Bonchev–Trinajstić information content (AvgIpc) is 2.91. The minimum atomic E-state index is -0.462. The van der Waals surface area contributed by atoms with Crippen LogP contribution in [0.3, 0.4) is 0 Å². The second-order valence-electron chi connectivity index (χ2n) is 8.92. The number of ether oxygens (including phenoxy) is 2. The summed E-state index contributed by atoms with van der Waals surface area (Å²) in [5, 5.41) is 2.88. The molecule has 1 amide bonds. The Bertz CT molecular complexity index is 1020. The molecule has 1 unspecified atom stereocenters. The highest BCUT2D eigenvalue weighted by atomic mass is 16.5. The molecule has 1 N–H and O–H groups in total. The van der Waals surface area contributed by atoms with E-state index in [4.69, 9.17) is 9.47 Å². The van der Waals surface area contributed by atoms with E-state index in [1.54, 1.807) is 37.4 Å². The summed E-state index contributed by atoms with van der Waals surface area (Å²) in [4.78, 5) is 52.0. The Labute approximate surface area is 219 Å². The van der Waals surface area contributed by atoms with Crippen molar-refractivity contribution in [2.24, 2.45) is 0 Å². The molecule has 1 heterocycles. The number of unbranched alkanes of at least 4 members (excludes halogenated alkanes) is 1. The molecule has 8 heteroatoms. The lowest BCUT2D eigenvalue weighted by atomic mass is 10.0. The Morgan fingerprint density at radius 2 is 1.46 bits per heavy atom. The summed E-state index contributed by atoms with van der Waals surface area (Å²) >= 11 is 0. The van der Waals surface area contributed by atoms with E-state index in [9.17, 15) is 19.2 Å². The first-order valence-electron chi connectivity index (χ1n) is 12.9. The number of benzene rings is 1. The zero-order chi connectivity index (χ0) is 27.0. The van der Waals surface area contributed by atoms with E-state index in [2.05, 4.69) is 10.3 Å². The van der Waals surface area contributed by atoms with E-state index in [1.165, 1.54) is 6.92 Å². The van der Waals surface area contributed by atoms with Gasteiger partial charge in [-0.05, 0) is 25.0 Å². The number of aromatic nitrogens is 1. The van der Waals surface area contributed by atoms with Gasteiger partial charge < -0.3 is 14.8 Å². The van der Waals surface area contributed by atoms with Crippen molar-refractivity contribution < 1.29 is 28.7 Å². The van der Waals surface area contributed by atoms with E-state index in [-0.39, 0.29) is 55.4 Å². The van der Waals surface area contributed by atoms with Gasteiger partial charge in [-0.25, -0.2) is 0 Å². The number of hydrogen-bond donors (Lipinski definition) is 1. The van der Waals surface area contributed by atoms with Gasteiger partial charge >= 0.3 is 0 Å². The maximum atomic E-state index is 12.8. The minimum absolute atomic E-state index is 0.000683. The molecule has 0 aliphatic heterocycles. The van der Waals surface area contributed by atoms with Crippen LogP contribution in [-0.4, -0.2) is 60.7 Å². The van der Waals surface area contributed by atoms with Gasteiger partial charge in [-0.2, -0.15) is 0 Å². The summed E-state index contributed by atoms with van der Waals surface area (Å²) in [6, 6.07) is 10.2. The van der Waals surface area contributed by atoms with Gasteiger partial charge in [-0.15, -0.1) is 0 Å². The van der Waals surface area contributed by atoms with Gasteiger partial charge in [0, 0.05) is 43.0 Å². The minimum Gasteiger partial charge on any atom is -0.379 e. The van der Waals surface area contributed by atoms with Gasteiger partial charge in [-0.3, -0.25) is 24.2 Å². The van der Waals surface area contributed by atoms with Crippen LogP contribution < -0.4 is 5.32 Å². The van der Waals surface area contributed by atoms with Crippen LogP contribution in [0.15, 0.2) is 42.6 Å². The summed E-state index contributed by atoms with van der Waals surface area (Å²) in [7, 11) is 0. The predicted molar refractivity (Wildman–Crippen MR) is 142 cm³/mol. The number of amides is 1. The third kappa shape index (κ3) is 11.1. The van der Waals surface area contributed by atoms with Gasteiger partial charge in [0.25, 0.3) is 5.91 Å².